The maximum atomic E-state index is 14.1. The van der Waals surface area contributed by atoms with Gasteiger partial charge in [-0.05, 0) is 67.9 Å². The molecular weight excluding hydrogens is 278 g/mol. The van der Waals surface area contributed by atoms with Gasteiger partial charge in [0.15, 0.2) is 11.6 Å². The van der Waals surface area contributed by atoms with Crippen molar-refractivity contribution in [3.8, 4) is 0 Å². The summed E-state index contributed by atoms with van der Waals surface area (Å²) in [7, 11) is 0. The molecule has 0 amide bonds. The lowest BCUT2D eigenvalue weighted by Gasteiger charge is -2.32. The van der Waals surface area contributed by atoms with Gasteiger partial charge >= 0.3 is 0 Å². The van der Waals surface area contributed by atoms with Crippen molar-refractivity contribution in [2.24, 2.45) is 11.8 Å². The van der Waals surface area contributed by atoms with Crippen LogP contribution in [-0.4, -0.2) is 0 Å². The number of allylic oxidation sites excluding steroid dienone is 2. The summed E-state index contributed by atoms with van der Waals surface area (Å²) in [5.41, 5.74) is 2.54. The molecule has 1 saturated carbocycles. The molecule has 22 heavy (non-hydrogen) atoms. The molecule has 0 bridgehead atoms. The van der Waals surface area contributed by atoms with E-state index in [9.17, 15) is 8.78 Å². The smallest absolute Gasteiger partial charge is 0.162 e. The van der Waals surface area contributed by atoms with E-state index in [4.69, 9.17) is 0 Å². The van der Waals surface area contributed by atoms with Crippen LogP contribution in [0.15, 0.2) is 23.8 Å². The molecule has 1 unspecified atom stereocenters. The van der Waals surface area contributed by atoms with Gasteiger partial charge < -0.3 is 0 Å². The van der Waals surface area contributed by atoms with Crippen LogP contribution < -0.4 is 0 Å². The lowest BCUT2D eigenvalue weighted by molar-refractivity contribution is 0.310. The van der Waals surface area contributed by atoms with Gasteiger partial charge in [-0.1, -0.05) is 43.5 Å². The highest BCUT2D eigenvalue weighted by atomic mass is 19.2. The lowest BCUT2D eigenvalue weighted by atomic mass is 9.74. The Kier molecular flexibility index (Phi) is 4.65. The molecule has 0 nitrogen and oxygen atoms in total. The van der Waals surface area contributed by atoms with Crippen LogP contribution in [0.2, 0.25) is 0 Å². The summed E-state index contributed by atoms with van der Waals surface area (Å²) in [6.07, 6.45) is 10.5. The zero-order chi connectivity index (χ0) is 15.7. The first-order valence-corrected chi connectivity index (χ1v) is 8.69. The van der Waals surface area contributed by atoms with Crippen LogP contribution in [0, 0.1) is 30.4 Å². The minimum atomic E-state index is -0.673. The fourth-order valence-electron chi connectivity index (χ4n) is 4.11. The van der Waals surface area contributed by atoms with Crippen molar-refractivity contribution in [2.45, 2.75) is 64.7 Å². The Morgan fingerprint density at radius 2 is 1.64 bits per heavy atom. The summed E-state index contributed by atoms with van der Waals surface area (Å²) in [4.78, 5) is 0. The van der Waals surface area contributed by atoms with Gasteiger partial charge in [-0.3, -0.25) is 0 Å². The van der Waals surface area contributed by atoms with E-state index in [2.05, 4.69) is 13.0 Å². The van der Waals surface area contributed by atoms with Crippen molar-refractivity contribution in [3.63, 3.8) is 0 Å². The Morgan fingerprint density at radius 3 is 2.27 bits per heavy atom. The average Bonchev–Trinajstić information content (AvgIpc) is 2.54. The molecule has 0 aromatic heterocycles. The molecule has 0 N–H and O–H groups in total. The SMILES string of the molecule is Cc1ccc(C2CC=C(C3CCC(C)CC3)CC2)c(F)c1F. The zero-order valence-electron chi connectivity index (χ0n) is 13.7. The third-order valence-electron chi connectivity index (χ3n) is 5.73. The van der Waals surface area contributed by atoms with Crippen LogP contribution in [0.25, 0.3) is 0 Å². The Morgan fingerprint density at radius 1 is 0.909 bits per heavy atom. The number of rotatable bonds is 2. The normalized spacial score (nSPS) is 29.3. The zero-order valence-corrected chi connectivity index (χ0v) is 13.7. The maximum Gasteiger partial charge on any atom is 0.162 e. The molecule has 2 aliphatic carbocycles. The van der Waals surface area contributed by atoms with Gasteiger partial charge in [0.1, 0.15) is 0 Å². The van der Waals surface area contributed by atoms with Gasteiger partial charge in [0.2, 0.25) is 0 Å². The van der Waals surface area contributed by atoms with Gasteiger partial charge in [0.05, 0.1) is 0 Å². The second kappa shape index (κ2) is 6.52. The summed E-state index contributed by atoms with van der Waals surface area (Å²) >= 11 is 0. The molecule has 3 rings (SSSR count). The van der Waals surface area contributed by atoms with E-state index in [0.717, 1.165) is 31.1 Å². The molecule has 2 heteroatoms. The Labute approximate surface area is 132 Å². The first-order valence-electron chi connectivity index (χ1n) is 8.69. The molecule has 1 fully saturated rings. The summed E-state index contributed by atoms with van der Waals surface area (Å²) in [6, 6.07) is 3.48. The maximum absolute atomic E-state index is 14.1. The van der Waals surface area contributed by atoms with Crippen molar-refractivity contribution in [2.75, 3.05) is 0 Å². The molecule has 0 saturated heterocycles. The fraction of sp³-hybridized carbons (Fsp3) is 0.600. The van der Waals surface area contributed by atoms with E-state index >= 15 is 0 Å². The predicted octanol–water partition coefficient (Wildman–Crippen LogP) is 6.29. The fourth-order valence-corrected chi connectivity index (χ4v) is 4.11. The summed E-state index contributed by atoms with van der Waals surface area (Å²) in [5, 5.41) is 0. The van der Waals surface area contributed by atoms with Crippen LogP contribution in [0.1, 0.15) is 68.9 Å². The minimum Gasteiger partial charge on any atom is -0.203 e. The first-order chi connectivity index (χ1) is 10.6. The first kappa shape index (κ1) is 15.7. The Hall–Kier alpha value is -1.18. The Balaban J connectivity index is 1.70. The van der Waals surface area contributed by atoms with Crippen LogP contribution in [0.5, 0.6) is 0 Å². The predicted molar refractivity (Wildman–Crippen MR) is 86.9 cm³/mol. The van der Waals surface area contributed by atoms with Gasteiger partial charge in [-0.2, -0.15) is 0 Å². The highest BCUT2D eigenvalue weighted by molar-refractivity contribution is 5.30. The third kappa shape index (κ3) is 3.11. The highest BCUT2D eigenvalue weighted by Crippen LogP contribution is 2.41. The Bertz CT molecular complexity index is 565. The molecule has 0 spiro atoms. The van der Waals surface area contributed by atoms with Crippen LogP contribution in [-0.2, 0) is 0 Å². The molecular formula is C20H26F2. The number of hydrogen-bond acceptors (Lipinski definition) is 0. The average molecular weight is 304 g/mol. The van der Waals surface area contributed by atoms with Crippen molar-refractivity contribution in [3.05, 3.63) is 46.5 Å². The van der Waals surface area contributed by atoms with E-state index in [1.807, 2.05) is 0 Å². The largest absolute Gasteiger partial charge is 0.203 e. The summed E-state index contributed by atoms with van der Waals surface area (Å²) < 4.78 is 27.9. The van der Waals surface area contributed by atoms with Crippen molar-refractivity contribution < 1.29 is 8.78 Å². The lowest BCUT2D eigenvalue weighted by Crippen LogP contribution is -2.17. The molecule has 0 heterocycles. The van der Waals surface area contributed by atoms with Gasteiger partial charge in [0.25, 0.3) is 0 Å². The van der Waals surface area contributed by atoms with Crippen LogP contribution >= 0.6 is 0 Å². The topological polar surface area (TPSA) is 0 Å². The number of halogens is 2. The standard InChI is InChI=1S/C20H26F2/c1-13-3-6-15(7-4-13)16-8-10-17(11-9-16)18-12-5-14(2)19(21)20(18)22/h5,8,12-13,15,17H,3-4,6-7,9-11H2,1-2H3. The van der Waals surface area contributed by atoms with E-state index in [0.29, 0.717) is 11.1 Å². The van der Waals surface area contributed by atoms with Crippen molar-refractivity contribution in [1.29, 1.82) is 0 Å². The monoisotopic (exact) mass is 304 g/mol. The molecule has 120 valence electrons. The molecule has 2 aliphatic rings. The van der Waals surface area contributed by atoms with E-state index in [1.54, 1.807) is 24.6 Å². The molecule has 1 atom stereocenters. The number of aryl methyl sites for hydroxylation is 1. The van der Waals surface area contributed by atoms with Crippen LogP contribution in [0.4, 0.5) is 8.78 Å². The quantitative estimate of drug-likeness (QED) is 0.563. The van der Waals surface area contributed by atoms with E-state index in [1.165, 1.54) is 25.7 Å². The molecule has 1 aromatic carbocycles. The van der Waals surface area contributed by atoms with E-state index < -0.39 is 11.6 Å². The molecule has 0 aliphatic heterocycles. The molecule has 1 aromatic rings. The second-order valence-corrected chi connectivity index (χ2v) is 7.31. The van der Waals surface area contributed by atoms with Crippen molar-refractivity contribution >= 4 is 0 Å². The van der Waals surface area contributed by atoms with Gasteiger partial charge in [-0.15, -0.1) is 0 Å². The van der Waals surface area contributed by atoms with Crippen molar-refractivity contribution in [1.82, 2.24) is 0 Å². The van der Waals surface area contributed by atoms with Gasteiger partial charge in [-0.25, -0.2) is 8.78 Å². The third-order valence-corrected chi connectivity index (χ3v) is 5.73. The van der Waals surface area contributed by atoms with E-state index in [-0.39, 0.29) is 5.92 Å². The minimum absolute atomic E-state index is 0.140. The molecule has 0 radical (unpaired) electrons. The second-order valence-electron chi connectivity index (χ2n) is 7.31. The highest BCUT2D eigenvalue weighted by Gasteiger charge is 2.26. The summed E-state index contributed by atoms with van der Waals surface area (Å²) in [6.45, 7) is 3.96. The number of benzene rings is 1. The summed E-state index contributed by atoms with van der Waals surface area (Å²) in [5.74, 6) is 0.456. The van der Waals surface area contributed by atoms with Gasteiger partial charge in [0, 0.05) is 0 Å². The van der Waals surface area contributed by atoms with Crippen LogP contribution in [0.3, 0.4) is 0 Å². The number of hydrogen-bond donors (Lipinski definition) is 0.